The van der Waals surface area contributed by atoms with Gasteiger partial charge in [0.05, 0.1) is 6.54 Å². The van der Waals surface area contributed by atoms with Crippen LogP contribution in [0.4, 0.5) is 0 Å². The first kappa shape index (κ1) is 17.6. The quantitative estimate of drug-likeness (QED) is 0.720. The van der Waals surface area contributed by atoms with Crippen LogP contribution in [0.5, 0.6) is 0 Å². The number of aryl methyl sites for hydroxylation is 2. The van der Waals surface area contributed by atoms with Crippen LogP contribution in [-0.2, 0) is 13.6 Å². The minimum atomic E-state index is -0.343. The topological polar surface area (TPSA) is 81.2 Å². The number of pyridine rings is 2. The van der Waals surface area contributed by atoms with E-state index in [4.69, 9.17) is 4.52 Å². The average Bonchev–Trinajstić information content (AvgIpc) is 3.09. The van der Waals surface area contributed by atoms with Crippen LogP contribution in [0.1, 0.15) is 27.4 Å². The molecule has 0 unspecified atom stereocenters. The van der Waals surface area contributed by atoms with Crippen LogP contribution < -0.4 is 5.56 Å². The lowest BCUT2D eigenvalue weighted by atomic mass is 10.1. The van der Waals surface area contributed by atoms with E-state index in [-0.39, 0.29) is 23.6 Å². The predicted molar refractivity (Wildman–Crippen MR) is 96.7 cm³/mol. The van der Waals surface area contributed by atoms with Crippen molar-refractivity contribution in [1.82, 2.24) is 19.6 Å². The van der Waals surface area contributed by atoms with Gasteiger partial charge in [0.25, 0.3) is 11.5 Å². The van der Waals surface area contributed by atoms with Gasteiger partial charge in [-0.25, -0.2) is 0 Å². The fraction of sp³-hybridized carbons (Fsp3) is 0.263. The first-order valence-corrected chi connectivity index (χ1v) is 8.17. The second-order valence-electron chi connectivity index (χ2n) is 6.28. The molecule has 3 heterocycles. The number of nitrogens with zero attached hydrogens (tertiary/aromatic N) is 4. The fourth-order valence-corrected chi connectivity index (χ4v) is 2.78. The van der Waals surface area contributed by atoms with E-state index >= 15 is 0 Å². The lowest BCUT2D eigenvalue weighted by Gasteiger charge is -2.17. The van der Waals surface area contributed by atoms with E-state index in [1.807, 2.05) is 25.1 Å². The standard InChI is InChI=1S/C19H20N4O3/c1-12-9-13(2)23(4)19(25)17(12)18(24)22(3)11-15-10-16(21-26-15)14-5-7-20-8-6-14/h5-10H,11H2,1-4H3. The molecule has 26 heavy (non-hydrogen) atoms. The van der Waals surface area contributed by atoms with E-state index in [0.717, 1.165) is 11.3 Å². The third-order valence-corrected chi connectivity index (χ3v) is 4.36. The van der Waals surface area contributed by atoms with Gasteiger partial charge >= 0.3 is 0 Å². The van der Waals surface area contributed by atoms with E-state index in [9.17, 15) is 9.59 Å². The van der Waals surface area contributed by atoms with Crippen LogP contribution in [-0.4, -0.2) is 32.6 Å². The zero-order valence-corrected chi connectivity index (χ0v) is 15.2. The number of carbonyl (C=O) groups excluding carboxylic acids is 1. The maximum atomic E-state index is 12.8. The Kier molecular flexibility index (Phi) is 4.71. The SMILES string of the molecule is Cc1cc(C)n(C)c(=O)c1C(=O)N(C)Cc1cc(-c2ccncc2)no1. The summed E-state index contributed by atoms with van der Waals surface area (Å²) < 4.78 is 6.81. The van der Waals surface area contributed by atoms with Crippen molar-refractivity contribution in [1.29, 1.82) is 0 Å². The second kappa shape index (κ2) is 6.95. The molecule has 0 atom stereocenters. The molecule has 3 rings (SSSR count). The van der Waals surface area contributed by atoms with Gasteiger partial charge in [0, 0.05) is 43.8 Å². The number of amides is 1. The van der Waals surface area contributed by atoms with Gasteiger partial charge in [-0.1, -0.05) is 5.16 Å². The molecule has 0 aliphatic heterocycles. The van der Waals surface area contributed by atoms with Crippen molar-refractivity contribution in [2.75, 3.05) is 7.05 Å². The van der Waals surface area contributed by atoms with Gasteiger partial charge in [-0.05, 0) is 37.6 Å². The Balaban J connectivity index is 1.82. The number of hydrogen-bond donors (Lipinski definition) is 0. The molecule has 0 saturated carbocycles. The molecule has 7 nitrogen and oxygen atoms in total. The molecule has 134 valence electrons. The smallest absolute Gasteiger partial charge is 0.263 e. The molecule has 0 aromatic carbocycles. The zero-order valence-electron chi connectivity index (χ0n) is 15.2. The molecule has 0 N–H and O–H groups in total. The molecule has 1 amide bonds. The van der Waals surface area contributed by atoms with Crippen molar-refractivity contribution in [2.45, 2.75) is 20.4 Å². The minimum Gasteiger partial charge on any atom is -0.359 e. The highest BCUT2D eigenvalue weighted by Crippen LogP contribution is 2.19. The molecule has 0 radical (unpaired) electrons. The molecule has 0 saturated heterocycles. The first-order chi connectivity index (χ1) is 12.4. The van der Waals surface area contributed by atoms with Crippen molar-refractivity contribution in [3.05, 3.63) is 69.6 Å². The summed E-state index contributed by atoms with van der Waals surface area (Å²) in [6, 6.07) is 7.27. The molecule has 0 aliphatic carbocycles. The Morgan fingerprint density at radius 2 is 1.92 bits per heavy atom. The lowest BCUT2D eigenvalue weighted by molar-refractivity contribution is 0.0769. The maximum absolute atomic E-state index is 12.8. The van der Waals surface area contributed by atoms with Crippen LogP contribution in [0.2, 0.25) is 0 Å². The van der Waals surface area contributed by atoms with Crippen molar-refractivity contribution in [2.24, 2.45) is 7.05 Å². The molecular weight excluding hydrogens is 332 g/mol. The van der Waals surface area contributed by atoms with Crippen molar-refractivity contribution < 1.29 is 9.32 Å². The van der Waals surface area contributed by atoms with E-state index < -0.39 is 0 Å². The van der Waals surface area contributed by atoms with E-state index in [1.54, 1.807) is 39.5 Å². The van der Waals surface area contributed by atoms with Gasteiger partial charge < -0.3 is 14.0 Å². The third kappa shape index (κ3) is 3.28. The summed E-state index contributed by atoms with van der Waals surface area (Å²) in [7, 11) is 3.29. The summed E-state index contributed by atoms with van der Waals surface area (Å²) in [6.07, 6.45) is 3.35. The second-order valence-corrected chi connectivity index (χ2v) is 6.28. The van der Waals surface area contributed by atoms with Gasteiger partial charge in [-0.15, -0.1) is 0 Å². The Morgan fingerprint density at radius 1 is 1.23 bits per heavy atom. The molecule has 0 fully saturated rings. The van der Waals surface area contributed by atoms with Gasteiger partial charge in [-0.3, -0.25) is 14.6 Å². The summed E-state index contributed by atoms with van der Waals surface area (Å²) in [5, 5.41) is 4.03. The number of carbonyl (C=O) groups is 1. The summed E-state index contributed by atoms with van der Waals surface area (Å²) in [5.74, 6) is 0.194. The maximum Gasteiger partial charge on any atom is 0.263 e. The normalized spacial score (nSPS) is 10.8. The molecule has 0 spiro atoms. The molecule has 3 aromatic rings. The third-order valence-electron chi connectivity index (χ3n) is 4.36. The van der Waals surface area contributed by atoms with Crippen LogP contribution in [0, 0.1) is 13.8 Å². The zero-order chi connectivity index (χ0) is 18.8. The van der Waals surface area contributed by atoms with Gasteiger partial charge in [0.15, 0.2) is 5.76 Å². The number of rotatable bonds is 4. The fourth-order valence-electron chi connectivity index (χ4n) is 2.78. The van der Waals surface area contributed by atoms with Gasteiger partial charge in [-0.2, -0.15) is 0 Å². The Morgan fingerprint density at radius 3 is 2.62 bits per heavy atom. The van der Waals surface area contributed by atoms with Crippen LogP contribution >= 0.6 is 0 Å². The predicted octanol–water partition coefficient (Wildman–Crippen LogP) is 2.32. The highest BCUT2D eigenvalue weighted by atomic mass is 16.5. The summed E-state index contributed by atoms with van der Waals surface area (Å²) in [6.45, 7) is 3.82. The van der Waals surface area contributed by atoms with Crippen LogP contribution in [0.25, 0.3) is 11.3 Å². The Hall–Kier alpha value is -3.22. The summed E-state index contributed by atoms with van der Waals surface area (Å²) in [4.78, 5) is 30.7. The molecule has 3 aromatic heterocycles. The number of aromatic nitrogens is 3. The average molecular weight is 352 g/mol. The van der Waals surface area contributed by atoms with Gasteiger partial charge in [0.1, 0.15) is 11.3 Å². The first-order valence-electron chi connectivity index (χ1n) is 8.17. The van der Waals surface area contributed by atoms with Crippen molar-refractivity contribution >= 4 is 5.91 Å². The van der Waals surface area contributed by atoms with Gasteiger partial charge in [0.2, 0.25) is 0 Å². The summed E-state index contributed by atoms with van der Waals surface area (Å²) >= 11 is 0. The van der Waals surface area contributed by atoms with E-state index in [2.05, 4.69) is 10.1 Å². The lowest BCUT2D eigenvalue weighted by Crippen LogP contribution is -2.35. The number of hydrogen-bond acceptors (Lipinski definition) is 5. The highest BCUT2D eigenvalue weighted by Gasteiger charge is 2.21. The monoisotopic (exact) mass is 352 g/mol. The van der Waals surface area contributed by atoms with E-state index in [1.165, 1.54) is 9.47 Å². The molecule has 7 heteroatoms. The van der Waals surface area contributed by atoms with Crippen molar-refractivity contribution in [3.8, 4) is 11.3 Å². The van der Waals surface area contributed by atoms with E-state index in [0.29, 0.717) is 17.0 Å². The Bertz CT molecular complexity index is 1010. The van der Waals surface area contributed by atoms with Crippen LogP contribution in [0.15, 0.2) is 46.0 Å². The van der Waals surface area contributed by atoms with Crippen molar-refractivity contribution in [3.63, 3.8) is 0 Å². The molecule has 0 aliphatic rings. The highest BCUT2D eigenvalue weighted by molar-refractivity contribution is 5.95. The van der Waals surface area contributed by atoms with Crippen LogP contribution in [0.3, 0.4) is 0 Å². The summed E-state index contributed by atoms with van der Waals surface area (Å²) in [5.41, 5.74) is 2.91. The largest absolute Gasteiger partial charge is 0.359 e. The molecular formula is C19H20N4O3. The Labute approximate surface area is 150 Å². The molecule has 0 bridgehead atoms. The minimum absolute atomic E-state index is 0.175.